The molecule has 5 heteroatoms. The van der Waals surface area contributed by atoms with Crippen LogP contribution in [0.5, 0.6) is 0 Å². The number of hydrogen-bond acceptors (Lipinski definition) is 2. The summed E-state index contributed by atoms with van der Waals surface area (Å²) in [6, 6.07) is 1.48. The van der Waals surface area contributed by atoms with Gasteiger partial charge in [0.15, 0.2) is 0 Å². The lowest BCUT2D eigenvalue weighted by Gasteiger charge is -2.12. The molecule has 0 amide bonds. The largest absolute Gasteiger partial charge is 0.396 e. The van der Waals surface area contributed by atoms with Gasteiger partial charge in [0.25, 0.3) is 0 Å². The summed E-state index contributed by atoms with van der Waals surface area (Å²) in [5.74, 6) is -1.39. The topological polar surface area (TPSA) is 46.2 Å². The summed E-state index contributed by atoms with van der Waals surface area (Å²) in [6.45, 7) is -0.198. The van der Waals surface area contributed by atoms with Gasteiger partial charge in [-0.3, -0.25) is 0 Å². The average Bonchev–Trinajstić information content (AvgIpc) is 2.01. The molecule has 0 heterocycles. The first-order valence-corrected chi connectivity index (χ1v) is 4.86. The molecule has 0 fully saturated rings. The van der Waals surface area contributed by atoms with Crippen LogP contribution in [0.25, 0.3) is 0 Å². The van der Waals surface area contributed by atoms with E-state index in [1.807, 2.05) is 0 Å². The third-order valence-electron chi connectivity index (χ3n) is 1.85. The number of benzene rings is 1. The Hall–Kier alpha value is -0.520. The van der Waals surface area contributed by atoms with Gasteiger partial charge in [-0.15, -0.1) is 0 Å². The summed E-state index contributed by atoms with van der Waals surface area (Å²) < 4.78 is 26.8. The molecular formula is C9H10BrF2NO. The van der Waals surface area contributed by atoms with Crippen molar-refractivity contribution in [2.24, 2.45) is 5.73 Å². The van der Waals surface area contributed by atoms with E-state index < -0.39 is 17.7 Å². The lowest BCUT2D eigenvalue weighted by atomic mass is 10.0. The molecule has 0 aliphatic rings. The highest BCUT2D eigenvalue weighted by Gasteiger charge is 2.16. The maximum atomic E-state index is 13.3. The van der Waals surface area contributed by atoms with Gasteiger partial charge in [-0.1, -0.05) is 15.9 Å². The van der Waals surface area contributed by atoms with Crippen molar-refractivity contribution in [1.29, 1.82) is 0 Å². The van der Waals surface area contributed by atoms with Crippen LogP contribution in [-0.4, -0.2) is 11.7 Å². The Bertz CT molecular complexity index is 310. The number of rotatable bonds is 3. The molecular weight excluding hydrogens is 256 g/mol. The van der Waals surface area contributed by atoms with Crippen LogP contribution in [0, 0.1) is 11.6 Å². The van der Waals surface area contributed by atoms with Crippen LogP contribution in [0.4, 0.5) is 8.78 Å². The Labute approximate surface area is 88.9 Å². The van der Waals surface area contributed by atoms with Crippen LogP contribution in [0.3, 0.4) is 0 Å². The fraction of sp³-hybridized carbons (Fsp3) is 0.333. The van der Waals surface area contributed by atoms with E-state index in [-0.39, 0.29) is 18.6 Å². The summed E-state index contributed by atoms with van der Waals surface area (Å²) in [4.78, 5) is 0. The summed E-state index contributed by atoms with van der Waals surface area (Å²) in [7, 11) is 0. The van der Waals surface area contributed by atoms with E-state index in [4.69, 9.17) is 10.8 Å². The predicted molar refractivity (Wildman–Crippen MR) is 52.7 cm³/mol. The van der Waals surface area contributed by atoms with Crippen molar-refractivity contribution >= 4 is 15.9 Å². The van der Waals surface area contributed by atoms with E-state index in [0.29, 0.717) is 4.47 Å². The highest BCUT2D eigenvalue weighted by molar-refractivity contribution is 9.10. The molecule has 3 N–H and O–H groups in total. The zero-order valence-corrected chi connectivity index (χ0v) is 8.89. The number of nitrogens with two attached hydrogens (primary N) is 1. The first-order chi connectivity index (χ1) is 6.56. The normalized spacial score (nSPS) is 12.9. The maximum absolute atomic E-state index is 13.3. The van der Waals surface area contributed by atoms with Crippen molar-refractivity contribution in [2.45, 2.75) is 12.5 Å². The van der Waals surface area contributed by atoms with Gasteiger partial charge in [0.1, 0.15) is 11.6 Å². The molecule has 0 aromatic heterocycles. The average molecular weight is 266 g/mol. The van der Waals surface area contributed by atoms with Crippen molar-refractivity contribution in [3.05, 3.63) is 33.8 Å². The van der Waals surface area contributed by atoms with E-state index >= 15 is 0 Å². The molecule has 0 aliphatic heterocycles. The van der Waals surface area contributed by atoms with E-state index in [1.54, 1.807) is 0 Å². The summed E-state index contributed by atoms with van der Waals surface area (Å²) in [6.07, 6.45) is 0.134. The second kappa shape index (κ2) is 4.82. The first-order valence-electron chi connectivity index (χ1n) is 4.07. The van der Waals surface area contributed by atoms with Gasteiger partial charge < -0.3 is 10.8 Å². The molecule has 1 atom stereocenters. The number of hydrogen-bond donors (Lipinski definition) is 2. The Morgan fingerprint density at radius 2 is 1.86 bits per heavy atom. The summed E-state index contributed by atoms with van der Waals surface area (Å²) in [5, 5.41) is 8.60. The minimum atomic E-state index is -0.812. The van der Waals surface area contributed by atoms with Crippen molar-refractivity contribution in [3.63, 3.8) is 0 Å². The quantitative estimate of drug-likeness (QED) is 0.880. The second-order valence-corrected chi connectivity index (χ2v) is 3.82. The van der Waals surface area contributed by atoms with Gasteiger partial charge in [-0.2, -0.15) is 0 Å². The van der Waals surface area contributed by atoms with Crippen molar-refractivity contribution in [1.82, 2.24) is 0 Å². The zero-order chi connectivity index (χ0) is 10.7. The lowest BCUT2D eigenvalue weighted by Crippen LogP contribution is -2.15. The van der Waals surface area contributed by atoms with Crippen LogP contribution >= 0.6 is 15.9 Å². The summed E-state index contributed by atoms with van der Waals surface area (Å²) in [5.41, 5.74) is 5.32. The predicted octanol–water partition coefficient (Wildman–Crippen LogP) is 2.11. The fourth-order valence-electron chi connectivity index (χ4n) is 1.19. The van der Waals surface area contributed by atoms with Crippen LogP contribution in [0.2, 0.25) is 0 Å². The van der Waals surface area contributed by atoms with Crippen molar-refractivity contribution < 1.29 is 13.9 Å². The van der Waals surface area contributed by atoms with Crippen LogP contribution < -0.4 is 5.73 Å². The second-order valence-electron chi connectivity index (χ2n) is 2.90. The van der Waals surface area contributed by atoms with E-state index in [0.717, 1.165) is 12.1 Å². The third kappa shape index (κ3) is 2.50. The standard InChI is InChI=1S/C9H10BrF2NO/c10-5-3-6(11)9(7(12)4-5)8(13)1-2-14/h3-4,8,14H,1-2,13H2/t8-/m1/s1. The minimum absolute atomic E-state index is 0.134. The molecule has 0 radical (unpaired) electrons. The highest BCUT2D eigenvalue weighted by Crippen LogP contribution is 2.24. The molecule has 1 rings (SSSR count). The number of halogens is 3. The molecule has 0 aliphatic carbocycles. The Morgan fingerprint density at radius 3 is 2.29 bits per heavy atom. The number of aliphatic hydroxyl groups is 1. The monoisotopic (exact) mass is 265 g/mol. The molecule has 0 saturated heterocycles. The summed E-state index contributed by atoms with van der Waals surface area (Å²) >= 11 is 2.97. The van der Waals surface area contributed by atoms with Crippen LogP contribution in [0.15, 0.2) is 16.6 Å². The third-order valence-corrected chi connectivity index (χ3v) is 2.31. The van der Waals surface area contributed by atoms with Gasteiger partial charge in [-0.25, -0.2) is 8.78 Å². The molecule has 0 bridgehead atoms. The van der Waals surface area contributed by atoms with Gasteiger partial charge >= 0.3 is 0 Å². The van der Waals surface area contributed by atoms with E-state index in [1.165, 1.54) is 0 Å². The van der Waals surface area contributed by atoms with Crippen LogP contribution in [0.1, 0.15) is 18.0 Å². The van der Waals surface area contributed by atoms with Gasteiger partial charge in [0, 0.05) is 22.7 Å². The van der Waals surface area contributed by atoms with Gasteiger partial charge in [0.05, 0.1) is 0 Å². The highest BCUT2D eigenvalue weighted by atomic mass is 79.9. The SMILES string of the molecule is N[C@H](CCO)c1c(F)cc(Br)cc1F. The molecule has 78 valence electrons. The fourth-order valence-corrected chi connectivity index (χ4v) is 1.59. The van der Waals surface area contributed by atoms with Crippen LogP contribution in [-0.2, 0) is 0 Å². The smallest absolute Gasteiger partial charge is 0.132 e. The maximum Gasteiger partial charge on any atom is 0.132 e. The molecule has 1 aromatic carbocycles. The van der Waals surface area contributed by atoms with E-state index in [9.17, 15) is 8.78 Å². The Balaban J connectivity index is 3.07. The molecule has 0 saturated carbocycles. The molecule has 14 heavy (non-hydrogen) atoms. The Morgan fingerprint density at radius 1 is 1.36 bits per heavy atom. The van der Waals surface area contributed by atoms with E-state index in [2.05, 4.69) is 15.9 Å². The van der Waals surface area contributed by atoms with Crippen molar-refractivity contribution in [2.75, 3.05) is 6.61 Å². The molecule has 0 spiro atoms. The molecule has 1 aromatic rings. The molecule has 2 nitrogen and oxygen atoms in total. The molecule has 0 unspecified atom stereocenters. The lowest BCUT2D eigenvalue weighted by molar-refractivity contribution is 0.274. The first kappa shape index (κ1) is 11.6. The zero-order valence-electron chi connectivity index (χ0n) is 7.30. The van der Waals surface area contributed by atoms with Gasteiger partial charge in [-0.05, 0) is 18.6 Å². The van der Waals surface area contributed by atoms with Gasteiger partial charge in [0.2, 0.25) is 0 Å². The number of aliphatic hydroxyl groups excluding tert-OH is 1. The van der Waals surface area contributed by atoms with Crippen molar-refractivity contribution in [3.8, 4) is 0 Å². The minimum Gasteiger partial charge on any atom is -0.396 e. The Kier molecular flexibility index (Phi) is 3.97.